The minimum absolute atomic E-state index is 0.274. The third kappa shape index (κ3) is 2.34. The van der Waals surface area contributed by atoms with Crippen molar-refractivity contribution in [2.24, 2.45) is 0 Å². The van der Waals surface area contributed by atoms with Crippen LogP contribution in [-0.2, 0) is 0 Å². The van der Waals surface area contributed by atoms with Crippen molar-refractivity contribution in [3.05, 3.63) is 55.0 Å². The van der Waals surface area contributed by atoms with E-state index in [0.717, 1.165) is 0 Å². The maximum absolute atomic E-state index is 11.7. The third-order valence-corrected chi connectivity index (χ3v) is 2.39. The van der Waals surface area contributed by atoms with Gasteiger partial charge in [0.15, 0.2) is 0 Å². The molecule has 0 saturated carbocycles. The molecule has 0 fully saturated rings. The van der Waals surface area contributed by atoms with Gasteiger partial charge in [0.2, 0.25) is 0 Å². The van der Waals surface area contributed by atoms with Gasteiger partial charge in [-0.15, -0.1) is 0 Å². The number of anilines is 1. The topological polar surface area (TPSA) is 85.8 Å². The highest BCUT2D eigenvalue weighted by Crippen LogP contribution is 2.08. The van der Waals surface area contributed by atoms with Crippen molar-refractivity contribution in [3.63, 3.8) is 0 Å². The standard InChI is InChI=1S/C12H9N5O2/c18-11(9-2-5-19-8-9)16-10-6-13-12(14-7-10)17-4-1-3-15-17/h1-8H,(H,16,18). The lowest BCUT2D eigenvalue weighted by Gasteiger charge is -2.03. The predicted octanol–water partition coefficient (Wildman–Crippen LogP) is 1.51. The maximum atomic E-state index is 11.7. The smallest absolute Gasteiger partial charge is 0.258 e. The first-order chi connectivity index (χ1) is 9.33. The summed E-state index contributed by atoms with van der Waals surface area (Å²) < 4.78 is 6.37. The summed E-state index contributed by atoms with van der Waals surface area (Å²) >= 11 is 0. The van der Waals surface area contributed by atoms with Gasteiger partial charge in [-0.3, -0.25) is 4.79 Å². The van der Waals surface area contributed by atoms with E-state index in [4.69, 9.17) is 4.42 Å². The number of hydrogen-bond donors (Lipinski definition) is 1. The van der Waals surface area contributed by atoms with Gasteiger partial charge in [0.05, 0.1) is 29.9 Å². The third-order valence-electron chi connectivity index (χ3n) is 2.39. The van der Waals surface area contributed by atoms with E-state index in [9.17, 15) is 4.79 Å². The number of furan rings is 1. The van der Waals surface area contributed by atoms with E-state index in [1.54, 1.807) is 24.5 Å². The number of nitrogens with one attached hydrogen (secondary N) is 1. The quantitative estimate of drug-likeness (QED) is 0.766. The first-order valence-electron chi connectivity index (χ1n) is 5.48. The summed E-state index contributed by atoms with van der Waals surface area (Å²) in [4.78, 5) is 20.0. The van der Waals surface area contributed by atoms with Crippen molar-refractivity contribution in [2.45, 2.75) is 0 Å². The summed E-state index contributed by atoms with van der Waals surface area (Å²) in [5, 5.41) is 6.67. The van der Waals surface area contributed by atoms with Crippen LogP contribution in [0.15, 0.2) is 53.9 Å². The van der Waals surface area contributed by atoms with Crippen LogP contribution in [0.25, 0.3) is 5.95 Å². The Labute approximate surface area is 107 Å². The van der Waals surface area contributed by atoms with Crippen LogP contribution in [0.3, 0.4) is 0 Å². The number of carbonyl (C=O) groups is 1. The van der Waals surface area contributed by atoms with Gasteiger partial charge in [-0.05, 0) is 12.1 Å². The Morgan fingerprint density at radius 3 is 2.79 bits per heavy atom. The minimum atomic E-state index is -0.274. The average Bonchev–Trinajstić information content (AvgIpc) is 3.13. The number of amides is 1. The molecule has 1 N–H and O–H groups in total. The molecule has 3 aromatic heterocycles. The second kappa shape index (κ2) is 4.73. The van der Waals surface area contributed by atoms with Crippen LogP contribution in [0.2, 0.25) is 0 Å². The Morgan fingerprint density at radius 1 is 1.32 bits per heavy atom. The molecule has 3 heterocycles. The first-order valence-corrected chi connectivity index (χ1v) is 5.48. The Kier molecular flexibility index (Phi) is 2.77. The summed E-state index contributed by atoms with van der Waals surface area (Å²) in [6.45, 7) is 0. The molecular weight excluding hydrogens is 246 g/mol. The van der Waals surface area contributed by atoms with Crippen LogP contribution < -0.4 is 5.32 Å². The van der Waals surface area contributed by atoms with Gasteiger partial charge in [0, 0.05) is 12.4 Å². The van der Waals surface area contributed by atoms with Crippen LogP contribution in [-0.4, -0.2) is 25.7 Å². The SMILES string of the molecule is O=C(Nc1cnc(-n2cccn2)nc1)c1ccoc1. The number of aromatic nitrogens is 4. The molecule has 0 radical (unpaired) electrons. The van der Waals surface area contributed by atoms with Crippen molar-refractivity contribution in [3.8, 4) is 5.95 Å². The highest BCUT2D eigenvalue weighted by molar-refractivity contribution is 6.03. The van der Waals surface area contributed by atoms with E-state index < -0.39 is 0 Å². The molecule has 0 saturated heterocycles. The van der Waals surface area contributed by atoms with Crippen molar-refractivity contribution >= 4 is 11.6 Å². The zero-order valence-corrected chi connectivity index (χ0v) is 9.72. The van der Waals surface area contributed by atoms with Crippen molar-refractivity contribution in [1.29, 1.82) is 0 Å². The highest BCUT2D eigenvalue weighted by Gasteiger charge is 2.08. The lowest BCUT2D eigenvalue weighted by Crippen LogP contribution is -2.12. The molecule has 0 aliphatic heterocycles. The highest BCUT2D eigenvalue weighted by atomic mass is 16.3. The summed E-state index contributed by atoms with van der Waals surface area (Å²) in [7, 11) is 0. The number of carbonyl (C=O) groups excluding carboxylic acids is 1. The summed E-state index contributed by atoms with van der Waals surface area (Å²) in [6.07, 6.45) is 9.21. The van der Waals surface area contributed by atoms with Crippen LogP contribution in [0.1, 0.15) is 10.4 Å². The van der Waals surface area contributed by atoms with Gasteiger partial charge in [-0.25, -0.2) is 14.6 Å². The fraction of sp³-hybridized carbons (Fsp3) is 0. The molecule has 1 amide bonds. The molecule has 0 aromatic carbocycles. The zero-order valence-electron chi connectivity index (χ0n) is 9.72. The van der Waals surface area contributed by atoms with E-state index in [2.05, 4.69) is 20.4 Å². The molecule has 0 atom stereocenters. The van der Waals surface area contributed by atoms with E-state index >= 15 is 0 Å². The lowest BCUT2D eigenvalue weighted by molar-refractivity contribution is 0.102. The van der Waals surface area contributed by atoms with Crippen molar-refractivity contribution < 1.29 is 9.21 Å². The van der Waals surface area contributed by atoms with Crippen molar-refractivity contribution in [1.82, 2.24) is 19.7 Å². The predicted molar refractivity (Wildman–Crippen MR) is 65.8 cm³/mol. The Balaban J connectivity index is 1.75. The number of hydrogen-bond acceptors (Lipinski definition) is 5. The van der Waals surface area contributed by atoms with Crippen molar-refractivity contribution in [2.75, 3.05) is 5.32 Å². The zero-order chi connectivity index (χ0) is 13.1. The van der Waals surface area contributed by atoms with E-state index in [1.807, 2.05) is 0 Å². The number of rotatable bonds is 3. The molecule has 94 valence electrons. The van der Waals surface area contributed by atoms with E-state index in [-0.39, 0.29) is 5.91 Å². The molecule has 7 heteroatoms. The van der Waals surface area contributed by atoms with Gasteiger partial charge < -0.3 is 9.73 Å². The molecule has 3 rings (SSSR count). The van der Waals surface area contributed by atoms with Gasteiger partial charge in [0.1, 0.15) is 6.26 Å². The van der Waals surface area contributed by atoms with Crippen LogP contribution in [0.4, 0.5) is 5.69 Å². The molecule has 19 heavy (non-hydrogen) atoms. The Morgan fingerprint density at radius 2 is 2.16 bits per heavy atom. The average molecular weight is 255 g/mol. The van der Waals surface area contributed by atoms with E-state index in [1.165, 1.54) is 29.6 Å². The summed E-state index contributed by atoms with van der Waals surface area (Å²) in [5.74, 6) is 0.162. The van der Waals surface area contributed by atoms with Gasteiger partial charge in [0.25, 0.3) is 11.9 Å². The fourth-order valence-electron chi connectivity index (χ4n) is 1.49. The first kappa shape index (κ1) is 11.1. The lowest BCUT2D eigenvalue weighted by atomic mass is 10.3. The Hall–Kier alpha value is -2.96. The largest absolute Gasteiger partial charge is 0.472 e. The summed E-state index contributed by atoms with van der Waals surface area (Å²) in [6, 6.07) is 3.35. The van der Waals surface area contributed by atoms with Gasteiger partial charge in [-0.1, -0.05) is 0 Å². The second-order valence-electron chi connectivity index (χ2n) is 3.69. The molecule has 0 bridgehead atoms. The minimum Gasteiger partial charge on any atom is -0.472 e. The fourth-order valence-corrected chi connectivity index (χ4v) is 1.49. The molecular formula is C12H9N5O2. The molecule has 3 aromatic rings. The summed E-state index contributed by atoms with van der Waals surface area (Å²) in [5.41, 5.74) is 0.943. The monoisotopic (exact) mass is 255 g/mol. The van der Waals surface area contributed by atoms with E-state index in [0.29, 0.717) is 17.2 Å². The van der Waals surface area contributed by atoms with Crippen LogP contribution >= 0.6 is 0 Å². The molecule has 0 aliphatic rings. The van der Waals surface area contributed by atoms with Gasteiger partial charge >= 0.3 is 0 Å². The Bertz CT molecular complexity index is 659. The second-order valence-corrected chi connectivity index (χ2v) is 3.69. The maximum Gasteiger partial charge on any atom is 0.258 e. The molecule has 0 aliphatic carbocycles. The number of nitrogens with zero attached hydrogens (tertiary/aromatic N) is 4. The molecule has 0 spiro atoms. The molecule has 0 unspecified atom stereocenters. The normalized spacial score (nSPS) is 10.3. The van der Waals surface area contributed by atoms with Crippen LogP contribution in [0.5, 0.6) is 0 Å². The van der Waals surface area contributed by atoms with Gasteiger partial charge in [-0.2, -0.15) is 5.10 Å². The van der Waals surface area contributed by atoms with Crippen LogP contribution in [0, 0.1) is 0 Å². The molecule has 7 nitrogen and oxygen atoms in total.